The Morgan fingerprint density at radius 1 is 1.18 bits per heavy atom. The number of aromatic nitrogens is 1. The van der Waals surface area contributed by atoms with E-state index in [1.807, 2.05) is 24.3 Å². The maximum Gasteiger partial charge on any atom is 0.115 e. The molecule has 3 nitrogen and oxygen atoms in total. The Kier molecular flexibility index (Phi) is 3.64. The number of rotatable bonds is 3. The summed E-state index contributed by atoms with van der Waals surface area (Å²) in [5, 5.41) is 12.6. The van der Waals surface area contributed by atoms with Gasteiger partial charge in [-0.3, -0.25) is 0 Å². The standard InChI is InChI=1S/C13H13BrN2O/c1-9(10-2-5-12(17)6-3-10)16-11-4-7-13(14)15-8-11/h2-9,16-17H,1H3. The summed E-state index contributed by atoms with van der Waals surface area (Å²) in [6.45, 7) is 2.06. The van der Waals surface area contributed by atoms with Crippen molar-refractivity contribution >= 4 is 21.6 Å². The molecule has 1 aromatic heterocycles. The van der Waals surface area contributed by atoms with Crippen LogP contribution in [0, 0.1) is 0 Å². The van der Waals surface area contributed by atoms with E-state index in [-0.39, 0.29) is 11.8 Å². The van der Waals surface area contributed by atoms with Gasteiger partial charge in [-0.15, -0.1) is 0 Å². The smallest absolute Gasteiger partial charge is 0.115 e. The molecule has 0 saturated heterocycles. The number of nitrogens with zero attached hydrogens (tertiary/aromatic N) is 1. The lowest BCUT2D eigenvalue weighted by molar-refractivity contribution is 0.475. The summed E-state index contributed by atoms with van der Waals surface area (Å²) < 4.78 is 0.820. The van der Waals surface area contributed by atoms with Crippen LogP contribution in [0.3, 0.4) is 0 Å². The summed E-state index contributed by atoms with van der Waals surface area (Å²) >= 11 is 3.30. The molecule has 1 aromatic carbocycles. The second kappa shape index (κ2) is 5.19. The van der Waals surface area contributed by atoms with Crippen molar-refractivity contribution in [1.29, 1.82) is 0 Å². The minimum atomic E-state index is 0.165. The Bertz CT molecular complexity index is 482. The first-order valence-corrected chi connectivity index (χ1v) is 6.11. The Hall–Kier alpha value is -1.55. The molecule has 0 spiro atoms. The molecule has 17 heavy (non-hydrogen) atoms. The van der Waals surface area contributed by atoms with Crippen LogP contribution in [0.5, 0.6) is 5.75 Å². The Morgan fingerprint density at radius 2 is 1.88 bits per heavy atom. The second-order valence-corrected chi connectivity index (χ2v) is 4.64. The molecule has 0 aliphatic rings. The zero-order valence-corrected chi connectivity index (χ0v) is 11.0. The topological polar surface area (TPSA) is 45.2 Å². The predicted molar refractivity (Wildman–Crippen MR) is 72.1 cm³/mol. The van der Waals surface area contributed by atoms with Crippen LogP contribution in [0.2, 0.25) is 0 Å². The monoisotopic (exact) mass is 292 g/mol. The van der Waals surface area contributed by atoms with Crippen LogP contribution in [0.1, 0.15) is 18.5 Å². The minimum absolute atomic E-state index is 0.165. The van der Waals surface area contributed by atoms with E-state index in [4.69, 9.17) is 0 Å². The normalized spacial score (nSPS) is 12.1. The van der Waals surface area contributed by atoms with Crippen LogP contribution in [0.4, 0.5) is 5.69 Å². The first-order chi connectivity index (χ1) is 8.15. The van der Waals surface area contributed by atoms with Gasteiger partial charge in [0.1, 0.15) is 10.4 Å². The van der Waals surface area contributed by atoms with Crippen LogP contribution < -0.4 is 5.32 Å². The van der Waals surface area contributed by atoms with Gasteiger partial charge in [0.25, 0.3) is 0 Å². The molecule has 0 aliphatic heterocycles. The van der Waals surface area contributed by atoms with E-state index in [9.17, 15) is 5.11 Å². The maximum atomic E-state index is 9.22. The van der Waals surface area contributed by atoms with Crippen LogP contribution in [-0.2, 0) is 0 Å². The number of hydrogen-bond acceptors (Lipinski definition) is 3. The fourth-order valence-electron chi connectivity index (χ4n) is 1.56. The van der Waals surface area contributed by atoms with Crippen LogP contribution in [-0.4, -0.2) is 10.1 Å². The Labute approximate surface area is 109 Å². The summed E-state index contributed by atoms with van der Waals surface area (Å²) in [4.78, 5) is 4.15. The van der Waals surface area contributed by atoms with Crippen molar-refractivity contribution in [2.24, 2.45) is 0 Å². The molecule has 0 aliphatic carbocycles. The summed E-state index contributed by atoms with van der Waals surface area (Å²) in [6, 6.07) is 11.2. The second-order valence-electron chi connectivity index (χ2n) is 3.83. The highest BCUT2D eigenvalue weighted by atomic mass is 79.9. The van der Waals surface area contributed by atoms with Gasteiger partial charge in [0.05, 0.1) is 11.9 Å². The highest BCUT2D eigenvalue weighted by molar-refractivity contribution is 9.10. The summed E-state index contributed by atoms with van der Waals surface area (Å²) in [7, 11) is 0. The lowest BCUT2D eigenvalue weighted by Crippen LogP contribution is -2.06. The summed E-state index contributed by atoms with van der Waals surface area (Å²) in [5.74, 6) is 0.284. The number of hydrogen-bond donors (Lipinski definition) is 2. The van der Waals surface area contributed by atoms with Gasteiger partial charge in [-0.1, -0.05) is 12.1 Å². The number of phenols is 1. The lowest BCUT2D eigenvalue weighted by atomic mass is 10.1. The largest absolute Gasteiger partial charge is 0.508 e. The van der Waals surface area contributed by atoms with Crippen molar-refractivity contribution in [2.75, 3.05) is 5.32 Å². The molecule has 1 unspecified atom stereocenters. The van der Waals surface area contributed by atoms with Crippen molar-refractivity contribution in [3.63, 3.8) is 0 Å². The SMILES string of the molecule is CC(Nc1ccc(Br)nc1)c1ccc(O)cc1. The van der Waals surface area contributed by atoms with Gasteiger partial charge >= 0.3 is 0 Å². The third kappa shape index (κ3) is 3.20. The molecule has 2 N–H and O–H groups in total. The Morgan fingerprint density at radius 3 is 2.47 bits per heavy atom. The molecule has 2 rings (SSSR count). The molecular formula is C13H13BrN2O. The molecular weight excluding hydrogens is 280 g/mol. The highest BCUT2D eigenvalue weighted by Crippen LogP contribution is 2.21. The fourth-order valence-corrected chi connectivity index (χ4v) is 1.79. The summed E-state index contributed by atoms with van der Waals surface area (Å²) in [5.41, 5.74) is 2.08. The molecule has 0 fully saturated rings. The molecule has 4 heteroatoms. The van der Waals surface area contributed by atoms with Gasteiger partial charge in [0, 0.05) is 6.04 Å². The average Bonchev–Trinajstić information content (AvgIpc) is 2.33. The first kappa shape index (κ1) is 11.9. The van der Waals surface area contributed by atoms with E-state index in [0.29, 0.717) is 0 Å². The van der Waals surface area contributed by atoms with Crippen molar-refractivity contribution in [1.82, 2.24) is 4.98 Å². The fraction of sp³-hybridized carbons (Fsp3) is 0.154. The van der Waals surface area contributed by atoms with E-state index in [1.165, 1.54) is 0 Å². The Balaban J connectivity index is 2.08. The number of halogens is 1. The number of aromatic hydroxyl groups is 1. The number of benzene rings is 1. The van der Waals surface area contributed by atoms with E-state index in [1.54, 1.807) is 18.3 Å². The molecule has 1 heterocycles. The maximum absolute atomic E-state index is 9.22. The summed E-state index contributed by atoms with van der Waals surface area (Å²) in [6.07, 6.45) is 1.78. The van der Waals surface area contributed by atoms with Gasteiger partial charge in [-0.25, -0.2) is 4.98 Å². The number of phenolic OH excluding ortho intramolecular Hbond substituents is 1. The van der Waals surface area contributed by atoms with E-state index >= 15 is 0 Å². The number of pyridine rings is 1. The third-order valence-corrected chi connectivity index (χ3v) is 2.97. The lowest BCUT2D eigenvalue weighted by Gasteiger charge is -2.15. The average molecular weight is 293 g/mol. The van der Waals surface area contributed by atoms with Crippen LogP contribution in [0.25, 0.3) is 0 Å². The van der Waals surface area contributed by atoms with Crippen molar-refractivity contribution in [2.45, 2.75) is 13.0 Å². The highest BCUT2D eigenvalue weighted by Gasteiger charge is 2.05. The van der Waals surface area contributed by atoms with E-state index < -0.39 is 0 Å². The first-order valence-electron chi connectivity index (χ1n) is 5.32. The molecule has 0 radical (unpaired) electrons. The van der Waals surface area contributed by atoms with Gasteiger partial charge in [-0.2, -0.15) is 0 Å². The van der Waals surface area contributed by atoms with Crippen LogP contribution in [0.15, 0.2) is 47.2 Å². The van der Waals surface area contributed by atoms with Gasteiger partial charge in [0.15, 0.2) is 0 Å². The number of nitrogens with one attached hydrogen (secondary N) is 1. The van der Waals surface area contributed by atoms with E-state index in [0.717, 1.165) is 15.9 Å². The minimum Gasteiger partial charge on any atom is -0.508 e. The quantitative estimate of drug-likeness (QED) is 0.848. The van der Waals surface area contributed by atoms with Crippen molar-refractivity contribution < 1.29 is 5.11 Å². The van der Waals surface area contributed by atoms with Crippen molar-refractivity contribution in [3.05, 3.63) is 52.8 Å². The molecule has 0 saturated carbocycles. The molecule has 0 amide bonds. The van der Waals surface area contributed by atoms with Crippen molar-refractivity contribution in [3.8, 4) is 5.75 Å². The number of anilines is 1. The molecule has 1 atom stereocenters. The van der Waals surface area contributed by atoms with Gasteiger partial charge in [0.2, 0.25) is 0 Å². The third-order valence-electron chi connectivity index (χ3n) is 2.50. The zero-order valence-electron chi connectivity index (χ0n) is 9.39. The van der Waals surface area contributed by atoms with Crippen LogP contribution >= 0.6 is 15.9 Å². The van der Waals surface area contributed by atoms with E-state index in [2.05, 4.69) is 33.2 Å². The molecule has 0 bridgehead atoms. The molecule has 88 valence electrons. The van der Waals surface area contributed by atoms with Gasteiger partial charge < -0.3 is 10.4 Å². The predicted octanol–water partition coefficient (Wildman–Crippen LogP) is 3.72. The molecule has 2 aromatic rings. The zero-order chi connectivity index (χ0) is 12.3. The van der Waals surface area contributed by atoms with Gasteiger partial charge in [-0.05, 0) is 52.7 Å².